The minimum Gasteiger partial charge on any atom is -0.326 e. The van der Waals surface area contributed by atoms with Crippen LogP contribution < -0.4 is 10.5 Å². The molecule has 3 N–H and O–H groups in total. The van der Waals surface area contributed by atoms with Crippen molar-refractivity contribution in [2.45, 2.75) is 23.9 Å². The lowest BCUT2D eigenvalue weighted by Crippen LogP contribution is -2.14. The number of primary sulfonamides is 1. The maximum absolute atomic E-state index is 12.8. The Hall–Kier alpha value is -2.10. The maximum Gasteiger partial charge on any atom is 0.417 e. The highest BCUT2D eigenvalue weighted by Gasteiger charge is 2.33. The lowest BCUT2D eigenvalue weighted by molar-refractivity contribution is -0.137. The van der Waals surface area contributed by atoms with Gasteiger partial charge >= 0.3 is 6.18 Å². The van der Waals surface area contributed by atoms with Crippen molar-refractivity contribution in [3.8, 4) is 0 Å². The predicted molar refractivity (Wildman–Crippen MR) is 91.2 cm³/mol. The summed E-state index contributed by atoms with van der Waals surface area (Å²) in [6.07, 6.45) is -4.35. The van der Waals surface area contributed by atoms with Gasteiger partial charge in [-0.1, -0.05) is 23.7 Å². The van der Waals surface area contributed by atoms with Crippen molar-refractivity contribution in [1.82, 2.24) is 0 Å². The Morgan fingerprint density at radius 2 is 1.73 bits per heavy atom. The number of aryl methyl sites for hydroxylation is 1. The first-order valence-corrected chi connectivity index (χ1v) is 9.17. The zero-order chi connectivity index (χ0) is 19.5. The standard InChI is InChI=1S/C16H14ClF3N2O3S/c17-14-7-4-11(9-13(14)16(18,19)20)22-15(23)8-3-10-1-5-12(6-2-10)26(21,24)25/h1-2,4-7,9H,3,8H2,(H,22,23)(H2,21,24,25). The number of anilines is 1. The zero-order valence-corrected chi connectivity index (χ0v) is 14.8. The molecule has 0 aliphatic rings. The number of hydrogen-bond acceptors (Lipinski definition) is 3. The number of halogens is 4. The van der Waals surface area contributed by atoms with Crippen molar-refractivity contribution in [3.63, 3.8) is 0 Å². The van der Waals surface area contributed by atoms with Crippen LogP contribution in [0.15, 0.2) is 47.4 Å². The molecule has 2 aromatic rings. The normalized spacial score (nSPS) is 12.0. The average molecular weight is 407 g/mol. The van der Waals surface area contributed by atoms with E-state index in [1.54, 1.807) is 0 Å². The van der Waals surface area contributed by atoms with Gasteiger partial charge in [0, 0.05) is 12.1 Å². The summed E-state index contributed by atoms with van der Waals surface area (Å²) in [4.78, 5) is 11.9. The van der Waals surface area contributed by atoms with Crippen LogP contribution in [0.3, 0.4) is 0 Å². The lowest BCUT2D eigenvalue weighted by Gasteiger charge is -2.12. The fraction of sp³-hybridized carbons (Fsp3) is 0.188. The largest absolute Gasteiger partial charge is 0.417 e. The van der Waals surface area contributed by atoms with Crippen molar-refractivity contribution in [3.05, 3.63) is 58.6 Å². The predicted octanol–water partition coefficient (Wildman–Crippen LogP) is 3.58. The Morgan fingerprint density at radius 3 is 2.27 bits per heavy atom. The van der Waals surface area contributed by atoms with Gasteiger partial charge in [-0.15, -0.1) is 0 Å². The Morgan fingerprint density at radius 1 is 1.12 bits per heavy atom. The summed E-state index contributed by atoms with van der Waals surface area (Å²) in [5.74, 6) is -0.490. The molecule has 26 heavy (non-hydrogen) atoms. The van der Waals surface area contributed by atoms with Crippen molar-refractivity contribution in [1.29, 1.82) is 0 Å². The van der Waals surface area contributed by atoms with Crippen LogP contribution >= 0.6 is 11.6 Å². The van der Waals surface area contributed by atoms with Gasteiger partial charge in [-0.25, -0.2) is 13.6 Å². The molecule has 0 aromatic heterocycles. The number of amides is 1. The highest BCUT2D eigenvalue weighted by molar-refractivity contribution is 7.89. The number of carbonyl (C=O) groups is 1. The molecule has 2 aromatic carbocycles. The third-order valence-corrected chi connectivity index (χ3v) is 4.71. The first-order valence-electron chi connectivity index (χ1n) is 7.25. The Kier molecular flexibility index (Phi) is 5.94. The minimum atomic E-state index is -4.62. The van der Waals surface area contributed by atoms with Crippen LogP contribution in [0.2, 0.25) is 5.02 Å². The van der Waals surface area contributed by atoms with Gasteiger partial charge in [0.05, 0.1) is 15.5 Å². The third kappa shape index (κ3) is 5.45. The summed E-state index contributed by atoms with van der Waals surface area (Å²) in [5, 5.41) is 6.91. The van der Waals surface area contributed by atoms with Crippen molar-refractivity contribution >= 4 is 33.2 Å². The molecule has 10 heteroatoms. The van der Waals surface area contributed by atoms with E-state index in [4.69, 9.17) is 16.7 Å². The molecule has 0 heterocycles. The van der Waals surface area contributed by atoms with Crippen LogP contribution in [0.25, 0.3) is 0 Å². The van der Waals surface area contributed by atoms with E-state index in [9.17, 15) is 26.4 Å². The lowest BCUT2D eigenvalue weighted by atomic mass is 10.1. The van der Waals surface area contributed by atoms with Gasteiger partial charge in [-0.05, 0) is 42.3 Å². The second-order valence-corrected chi connectivity index (χ2v) is 7.40. The molecule has 0 atom stereocenters. The van der Waals surface area contributed by atoms with Crippen LogP contribution in [-0.2, 0) is 27.4 Å². The molecule has 0 unspecified atom stereocenters. The van der Waals surface area contributed by atoms with Crippen molar-refractivity contribution in [2.24, 2.45) is 5.14 Å². The molecule has 0 fully saturated rings. The van der Waals surface area contributed by atoms with Gasteiger partial charge in [0.15, 0.2) is 0 Å². The van der Waals surface area contributed by atoms with Crippen LogP contribution in [0.4, 0.5) is 18.9 Å². The van der Waals surface area contributed by atoms with E-state index in [0.717, 1.165) is 12.1 Å². The molecular formula is C16H14ClF3N2O3S. The summed E-state index contributed by atoms with van der Waals surface area (Å²) < 4.78 is 60.7. The van der Waals surface area contributed by atoms with Crippen molar-refractivity contribution in [2.75, 3.05) is 5.32 Å². The second-order valence-electron chi connectivity index (χ2n) is 5.43. The third-order valence-electron chi connectivity index (χ3n) is 3.45. The van der Waals surface area contributed by atoms with Gasteiger partial charge in [-0.3, -0.25) is 4.79 Å². The molecule has 1 amide bonds. The summed E-state index contributed by atoms with van der Waals surface area (Å²) in [7, 11) is -3.79. The first kappa shape index (κ1) is 20.2. The average Bonchev–Trinajstić information content (AvgIpc) is 2.53. The van der Waals surface area contributed by atoms with Gasteiger partial charge in [0.1, 0.15) is 0 Å². The summed E-state index contributed by atoms with van der Waals surface area (Å²) >= 11 is 5.52. The zero-order valence-electron chi connectivity index (χ0n) is 13.2. The van der Waals surface area contributed by atoms with E-state index in [1.165, 1.54) is 30.3 Å². The molecule has 0 saturated carbocycles. The van der Waals surface area contributed by atoms with Crippen LogP contribution in [0, 0.1) is 0 Å². The maximum atomic E-state index is 12.8. The van der Waals surface area contributed by atoms with Gasteiger partial charge < -0.3 is 5.32 Å². The highest BCUT2D eigenvalue weighted by Crippen LogP contribution is 2.36. The first-order chi connectivity index (χ1) is 12.0. The van der Waals surface area contributed by atoms with E-state index >= 15 is 0 Å². The van der Waals surface area contributed by atoms with Gasteiger partial charge in [-0.2, -0.15) is 13.2 Å². The molecule has 0 bridgehead atoms. The van der Waals surface area contributed by atoms with E-state index in [2.05, 4.69) is 5.32 Å². The Balaban J connectivity index is 1.99. The number of nitrogens with two attached hydrogens (primary N) is 1. The minimum absolute atomic E-state index is 0.00129. The quantitative estimate of drug-likeness (QED) is 0.795. The fourth-order valence-corrected chi connectivity index (χ4v) is 2.89. The second kappa shape index (κ2) is 7.65. The van der Waals surface area contributed by atoms with Crippen LogP contribution in [-0.4, -0.2) is 14.3 Å². The number of nitrogens with one attached hydrogen (secondary N) is 1. The topological polar surface area (TPSA) is 89.3 Å². The van der Waals surface area contributed by atoms with E-state index < -0.39 is 32.7 Å². The number of hydrogen-bond donors (Lipinski definition) is 2. The highest BCUT2D eigenvalue weighted by atomic mass is 35.5. The molecule has 0 aliphatic heterocycles. The van der Waals surface area contributed by atoms with Gasteiger partial charge in [0.25, 0.3) is 0 Å². The number of alkyl halides is 3. The molecule has 140 valence electrons. The molecule has 2 rings (SSSR count). The van der Waals surface area contributed by atoms with E-state index in [1.807, 2.05) is 0 Å². The smallest absolute Gasteiger partial charge is 0.326 e. The Bertz CT molecular complexity index is 913. The molecule has 0 aliphatic carbocycles. The summed E-state index contributed by atoms with van der Waals surface area (Å²) in [6, 6.07) is 8.76. The van der Waals surface area contributed by atoms with E-state index in [-0.39, 0.29) is 23.4 Å². The summed E-state index contributed by atoms with van der Waals surface area (Å²) in [6.45, 7) is 0. The number of sulfonamides is 1. The molecule has 0 saturated heterocycles. The molecule has 5 nitrogen and oxygen atoms in total. The Labute approximate surface area is 153 Å². The number of benzene rings is 2. The molecular weight excluding hydrogens is 393 g/mol. The van der Waals surface area contributed by atoms with Crippen LogP contribution in [0.1, 0.15) is 17.5 Å². The monoisotopic (exact) mass is 406 g/mol. The number of carbonyl (C=O) groups excluding carboxylic acids is 1. The fourth-order valence-electron chi connectivity index (χ4n) is 2.15. The van der Waals surface area contributed by atoms with Gasteiger partial charge in [0.2, 0.25) is 15.9 Å². The molecule has 0 radical (unpaired) electrons. The molecule has 0 spiro atoms. The summed E-state index contributed by atoms with van der Waals surface area (Å²) in [5.41, 5.74) is -0.369. The van der Waals surface area contributed by atoms with Crippen molar-refractivity contribution < 1.29 is 26.4 Å². The SMILES string of the molecule is NS(=O)(=O)c1ccc(CCC(=O)Nc2ccc(Cl)c(C(F)(F)F)c2)cc1. The number of rotatable bonds is 5. The van der Waals surface area contributed by atoms with E-state index in [0.29, 0.717) is 5.56 Å². The van der Waals surface area contributed by atoms with Crippen LogP contribution in [0.5, 0.6) is 0 Å².